The quantitative estimate of drug-likeness (QED) is 0.866. The maximum absolute atomic E-state index is 12.0. The first kappa shape index (κ1) is 14.0. The highest BCUT2D eigenvalue weighted by atomic mass is 16.5. The zero-order valence-corrected chi connectivity index (χ0v) is 11.8. The molecule has 0 saturated heterocycles. The van der Waals surface area contributed by atoms with Gasteiger partial charge in [-0.15, -0.1) is 0 Å². The second-order valence-corrected chi connectivity index (χ2v) is 4.19. The van der Waals surface area contributed by atoms with Crippen LogP contribution in [-0.2, 0) is 4.74 Å². The standard InChI is InChI=1S/C15H17N3O2/c1-4-20-15(19)12-10(2)17-13(18-14(12)16-3)11-8-6-5-7-9-11/h5-9H,4H2,1-3H3,(H,16,17,18). The molecule has 0 spiro atoms. The lowest BCUT2D eigenvalue weighted by Crippen LogP contribution is -2.13. The van der Waals surface area contributed by atoms with E-state index in [0.29, 0.717) is 29.5 Å². The Balaban J connectivity index is 2.51. The minimum atomic E-state index is -0.408. The molecule has 0 atom stereocenters. The van der Waals surface area contributed by atoms with Gasteiger partial charge in [0, 0.05) is 12.6 Å². The lowest BCUT2D eigenvalue weighted by molar-refractivity contribution is 0.0525. The number of nitrogens with zero attached hydrogens (tertiary/aromatic N) is 2. The molecule has 1 heterocycles. The highest BCUT2D eigenvalue weighted by Crippen LogP contribution is 2.22. The molecule has 1 aromatic carbocycles. The van der Waals surface area contributed by atoms with Gasteiger partial charge in [0.2, 0.25) is 0 Å². The van der Waals surface area contributed by atoms with Crippen molar-refractivity contribution in [1.29, 1.82) is 0 Å². The van der Waals surface area contributed by atoms with Crippen LogP contribution in [0.2, 0.25) is 0 Å². The van der Waals surface area contributed by atoms with Gasteiger partial charge in [-0.1, -0.05) is 30.3 Å². The number of carbonyl (C=O) groups is 1. The average Bonchev–Trinajstić information content (AvgIpc) is 2.47. The number of nitrogens with one attached hydrogen (secondary N) is 1. The zero-order valence-electron chi connectivity index (χ0n) is 11.8. The van der Waals surface area contributed by atoms with Crippen molar-refractivity contribution in [3.8, 4) is 11.4 Å². The van der Waals surface area contributed by atoms with Gasteiger partial charge in [0.25, 0.3) is 0 Å². The van der Waals surface area contributed by atoms with E-state index in [9.17, 15) is 4.79 Å². The predicted molar refractivity (Wildman–Crippen MR) is 77.7 cm³/mol. The van der Waals surface area contributed by atoms with Gasteiger partial charge in [0.1, 0.15) is 11.4 Å². The van der Waals surface area contributed by atoms with E-state index in [2.05, 4.69) is 15.3 Å². The van der Waals surface area contributed by atoms with Gasteiger partial charge in [-0.3, -0.25) is 0 Å². The Morgan fingerprint density at radius 2 is 1.95 bits per heavy atom. The summed E-state index contributed by atoms with van der Waals surface area (Å²) in [7, 11) is 1.72. The van der Waals surface area contributed by atoms with Crippen molar-refractivity contribution < 1.29 is 9.53 Å². The van der Waals surface area contributed by atoms with E-state index >= 15 is 0 Å². The summed E-state index contributed by atoms with van der Waals surface area (Å²) >= 11 is 0. The maximum Gasteiger partial charge on any atom is 0.343 e. The van der Waals surface area contributed by atoms with Gasteiger partial charge in [0.15, 0.2) is 5.82 Å². The fourth-order valence-corrected chi connectivity index (χ4v) is 1.92. The number of esters is 1. The molecule has 0 unspecified atom stereocenters. The molecule has 0 fully saturated rings. The van der Waals surface area contributed by atoms with Gasteiger partial charge in [-0.25, -0.2) is 14.8 Å². The second-order valence-electron chi connectivity index (χ2n) is 4.19. The fraction of sp³-hybridized carbons (Fsp3) is 0.267. The van der Waals surface area contributed by atoms with E-state index in [0.717, 1.165) is 5.56 Å². The Labute approximate surface area is 118 Å². The minimum Gasteiger partial charge on any atom is -0.462 e. The van der Waals surface area contributed by atoms with E-state index in [-0.39, 0.29) is 0 Å². The number of ether oxygens (including phenoxy) is 1. The molecule has 0 bridgehead atoms. The van der Waals surface area contributed by atoms with E-state index in [1.807, 2.05) is 30.3 Å². The van der Waals surface area contributed by atoms with Crippen LogP contribution in [0.4, 0.5) is 5.82 Å². The summed E-state index contributed by atoms with van der Waals surface area (Å²) < 4.78 is 5.04. The van der Waals surface area contributed by atoms with Crippen LogP contribution in [0.3, 0.4) is 0 Å². The molecule has 104 valence electrons. The molecule has 0 radical (unpaired) electrons. The van der Waals surface area contributed by atoms with E-state index in [1.165, 1.54) is 0 Å². The third-order valence-corrected chi connectivity index (χ3v) is 2.84. The normalized spacial score (nSPS) is 10.2. The van der Waals surface area contributed by atoms with Gasteiger partial charge in [-0.2, -0.15) is 0 Å². The summed E-state index contributed by atoms with van der Waals surface area (Å²) in [5.41, 5.74) is 1.89. The first-order valence-corrected chi connectivity index (χ1v) is 6.46. The van der Waals surface area contributed by atoms with E-state index in [4.69, 9.17) is 4.74 Å². The molecular formula is C15H17N3O2. The van der Waals surface area contributed by atoms with Gasteiger partial charge in [0.05, 0.1) is 12.3 Å². The third-order valence-electron chi connectivity index (χ3n) is 2.84. The van der Waals surface area contributed by atoms with E-state index in [1.54, 1.807) is 20.9 Å². The molecule has 0 aliphatic heterocycles. The second kappa shape index (κ2) is 6.14. The number of benzene rings is 1. The van der Waals surface area contributed by atoms with Crippen LogP contribution < -0.4 is 5.32 Å². The number of rotatable bonds is 4. The van der Waals surface area contributed by atoms with Crippen LogP contribution in [0, 0.1) is 6.92 Å². The van der Waals surface area contributed by atoms with Crippen molar-refractivity contribution >= 4 is 11.8 Å². The molecule has 1 aromatic heterocycles. The SMILES string of the molecule is CCOC(=O)c1c(C)nc(-c2ccccc2)nc1NC. The Bertz CT molecular complexity index is 612. The Morgan fingerprint density at radius 3 is 2.55 bits per heavy atom. The van der Waals surface area contributed by atoms with Crippen LogP contribution in [0.1, 0.15) is 23.0 Å². The van der Waals surface area contributed by atoms with Crippen molar-refractivity contribution in [3.63, 3.8) is 0 Å². The van der Waals surface area contributed by atoms with Gasteiger partial charge in [-0.05, 0) is 13.8 Å². The van der Waals surface area contributed by atoms with Gasteiger partial charge >= 0.3 is 5.97 Å². The average molecular weight is 271 g/mol. The molecule has 5 nitrogen and oxygen atoms in total. The zero-order chi connectivity index (χ0) is 14.5. The highest BCUT2D eigenvalue weighted by molar-refractivity contribution is 5.96. The molecule has 0 aliphatic rings. The first-order valence-electron chi connectivity index (χ1n) is 6.46. The highest BCUT2D eigenvalue weighted by Gasteiger charge is 2.19. The van der Waals surface area contributed by atoms with Crippen LogP contribution in [-0.4, -0.2) is 29.6 Å². The minimum absolute atomic E-state index is 0.321. The topological polar surface area (TPSA) is 64.1 Å². The Hall–Kier alpha value is -2.43. The summed E-state index contributed by atoms with van der Waals surface area (Å²) in [5, 5.41) is 2.93. The molecule has 1 N–H and O–H groups in total. The molecule has 5 heteroatoms. The number of hydrogen-bond acceptors (Lipinski definition) is 5. The lowest BCUT2D eigenvalue weighted by atomic mass is 10.1. The number of hydrogen-bond donors (Lipinski definition) is 1. The Morgan fingerprint density at radius 1 is 1.25 bits per heavy atom. The molecule has 0 amide bonds. The molecule has 0 saturated carbocycles. The largest absolute Gasteiger partial charge is 0.462 e. The summed E-state index contributed by atoms with van der Waals surface area (Å²) in [6.07, 6.45) is 0. The molecule has 20 heavy (non-hydrogen) atoms. The summed E-state index contributed by atoms with van der Waals surface area (Å²) in [6.45, 7) is 3.87. The molecule has 2 rings (SSSR count). The van der Waals surface area contributed by atoms with Crippen LogP contribution in [0.15, 0.2) is 30.3 Å². The number of carbonyl (C=O) groups excluding carboxylic acids is 1. The number of aromatic nitrogens is 2. The van der Waals surface area contributed by atoms with Crippen LogP contribution in [0.25, 0.3) is 11.4 Å². The Kier molecular flexibility index (Phi) is 4.30. The van der Waals surface area contributed by atoms with Gasteiger partial charge < -0.3 is 10.1 Å². The first-order chi connectivity index (χ1) is 9.67. The van der Waals surface area contributed by atoms with Crippen LogP contribution in [0.5, 0.6) is 0 Å². The van der Waals surface area contributed by atoms with Crippen LogP contribution >= 0.6 is 0 Å². The maximum atomic E-state index is 12.0. The van der Waals surface area contributed by atoms with Crippen molar-refractivity contribution in [2.75, 3.05) is 19.0 Å². The van der Waals surface area contributed by atoms with Crippen molar-refractivity contribution in [2.45, 2.75) is 13.8 Å². The summed E-state index contributed by atoms with van der Waals surface area (Å²) in [4.78, 5) is 20.8. The fourth-order valence-electron chi connectivity index (χ4n) is 1.92. The summed E-state index contributed by atoms with van der Waals surface area (Å²) in [5.74, 6) is 0.657. The lowest BCUT2D eigenvalue weighted by Gasteiger charge is -2.12. The third kappa shape index (κ3) is 2.77. The molecule has 2 aromatic rings. The van der Waals surface area contributed by atoms with E-state index < -0.39 is 5.97 Å². The number of anilines is 1. The van der Waals surface area contributed by atoms with Crippen molar-refractivity contribution in [3.05, 3.63) is 41.6 Å². The predicted octanol–water partition coefficient (Wildman–Crippen LogP) is 2.67. The summed E-state index contributed by atoms with van der Waals surface area (Å²) in [6, 6.07) is 9.64. The smallest absolute Gasteiger partial charge is 0.343 e. The number of aryl methyl sites for hydroxylation is 1. The molecular weight excluding hydrogens is 254 g/mol. The molecule has 0 aliphatic carbocycles. The van der Waals surface area contributed by atoms with Crippen molar-refractivity contribution in [1.82, 2.24) is 9.97 Å². The monoisotopic (exact) mass is 271 g/mol. The van der Waals surface area contributed by atoms with Crippen molar-refractivity contribution in [2.24, 2.45) is 0 Å².